The van der Waals surface area contributed by atoms with Gasteiger partial charge in [0, 0.05) is 13.0 Å². The second kappa shape index (κ2) is 7.08. The van der Waals surface area contributed by atoms with E-state index in [-0.39, 0.29) is 0 Å². The van der Waals surface area contributed by atoms with Gasteiger partial charge in [0.25, 0.3) is 0 Å². The fraction of sp³-hybridized carbons (Fsp3) is 0.625. The monoisotopic (exact) mass is 325 g/mol. The number of morpholine rings is 1. The second-order valence-electron chi connectivity index (χ2n) is 6.15. The number of benzene rings is 1. The Morgan fingerprint density at radius 2 is 1.91 bits per heavy atom. The number of sulfonamides is 1. The predicted molar refractivity (Wildman–Crippen MR) is 84.7 cm³/mol. The molecular weight excluding hydrogens is 300 g/mol. The van der Waals surface area contributed by atoms with Crippen molar-refractivity contribution < 1.29 is 18.1 Å². The summed E-state index contributed by atoms with van der Waals surface area (Å²) in [7, 11) is -3.37. The molecule has 1 fully saturated rings. The molecule has 0 radical (unpaired) electrons. The highest BCUT2D eigenvalue weighted by atomic mass is 32.2. The van der Waals surface area contributed by atoms with E-state index in [2.05, 4.69) is 4.72 Å². The van der Waals surface area contributed by atoms with E-state index in [1.54, 1.807) is 6.07 Å². The molecule has 1 heterocycles. The molecule has 2 aliphatic rings. The molecule has 1 aromatic carbocycles. The molecule has 0 spiro atoms. The average molecular weight is 325 g/mol. The van der Waals surface area contributed by atoms with Gasteiger partial charge in [-0.15, -0.1) is 0 Å². The molecule has 2 N–H and O–H groups in total. The van der Waals surface area contributed by atoms with E-state index in [4.69, 9.17) is 4.74 Å². The lowest BCUT2D eigenvalue weighted by molar-refractivity contribution is -0.908. The molecule has 1 aliphatic carbocycles. The smallest absolute Gasteiger partial charge is 0.240 e. The minimum Gasteiger partial charge on any atom is -0.370 e. The zero-order valence-electron chi connectivity index (χ0n) is 12.9. The second-order valence-corrected chi connectivity index (χ2v) is 7.91. The number of quaternary nitrogens is 1. The first-order valence-electron chi connectivity index (χ1n) is 8.18. The lowest BCUT2D eigenvalue weighted by Gasteiger charge is -2.23. The predicted octanol–water partition coefficient (Wildman–Crippen LogP) is -0.241. The number of aryl methyl sites for hydroxylation is 2. The zero-order chi connectivity index (χ0) is 15.4. The van der Waals surface area contributed by atoms with Crippen molar-refractivity contribution >= 4 is 10.0 Å². The van der Waals surface area contributed by atoms with Crippen LogP contribution in [0.15, 0.2) is 23.1 Å². The number of hydrogen-bond donors (Lipinski definition) is 2. The van der Waals surface area contributed by atoms with Gasteiger partial charge in [0.1, 0.15) is 13.1 Å². The van der Waals surface area contributed by atoms with Crippen LogP contribution < -0.4 is 9.62 Å². The van der Waals surface area contributed by atoms with E-state index in [0.717, 1.165) is 58.5 Å². The lowest BCUT2D eigenvalue weighted by Crippen LogP contribution is -3.14. The molecule has 0 unspecified atom stereocenters. The van der Waals surface area contributed by atoms with Gasteiger partial charge in [0.05, 0.1) is 24.7 Å². The Labute approximate surface area is 132 Å². The van der Waals surface area contributed by atoms with Crippen LogP contribution in [-0.4, -0.2) is 47.8 Å². The first kappa shape index (κ1) is 15.9. The standard InChI is InChI=1S/C16H24N2O3S/c19-22(20,16-6-5-14-3-1-4-15(14)13-16)17-7-2-8-18-9-11-21-12-10-18/h5-6,13,17H,1-4,7-12H2/p+1. The molecule has 6 heteroatoms. The summed E-state index contributed by atoms with van der Waals surface area (Å²) in [5, 5.41) is 0. The maximum absolute atomic E-state index is 12.3. The topological polar surface area (TPSA) is 59.8 Å². The summed E-state index contributed by atoms with van der Waals surface area (Å²) in [6.07, 6.45) is 4.07. The van der Waals surface area contributed by atoms with Crippen molar-refractivity contribution in [1.29, 1.82) is 0 Å². The molecule has 0 aromatic heterocycles. The van der Waals surface area contributed by atoms with Crippen LogP contribution in [0.2, 0.25) is 0 Å². The largest absolute Gasteiger partial charge is 0.370 e. The van der Waals surface area contributed by atoms with Crippen LogP contribution in [0.3, 0.4) is 0 Å². The van der Waals surface area contributed by atoms with Crippen LogP contribution in [0, 0.1) is 0 Å². The van der Waals surface area contributed by atoms with E-state index in [1.165, 1.54) is 16.0 Å². The summed E-state index contributed by atoms with van der Waals surface area (Å²) in [5.41, 5.74) is 2.50. The van der Waals surface area contributed by atoms with E-state index < -0.39 is 10.0 Å². The SMILES string of the molecule is O=S(=O)(NCCC[NH+]1CCOCC1)c1ccc2c(c1)CCC2. The molecule has 0 saturated carbocycles. The van der Waals surface area contributed by atoms with Gasteiger partial charge in [-0.1, -0.05) is 6.07 Å². The van der Waals surface area contributed by atoms with Crippen molar-refractivity contribution in [3.05, 3.63) is 29.3 Å². The molecule has 0 amide bonds. The van der Waals surface area contributed by atoms with Crippen molar-refractivity contribution in [2.24, 2.45) is 0 Å². The molecule has 122 valence electrons. The average Bonchev–Trinajstić information content (AvgIpc) is 3.00. The summed E-state index contributed by atoms with van der Waals surface area (Å²) >= 11 is 0. The normalized spacial score (nSPS) is 19.3. The van der Waals surface area contributed by atoms with Crippen LogP contribution in [0.25, 0.3) is 0 Å². The van der Waals surface area contributed by atoms with Crippen molar-refractivity contribution in [3.63, 3.8) is 0 Å². The van der Waals surface area contributed by atoms with Crippen LogP contribution >= 0.6 is 0 Å². The van der Waals surface area contributed by atoms with E-state index in [9.17, 15) is 8.42 Å². The third kappa shape index (κ3) is 3.87. The van der Waals surface area contributed by atoms with E-state index in [0.29, 0.717) is 11.4 Å². The van der Waals surface area contributed by atoms with Crippen molar-refractivity contribution in [2.45, 2.75) is 30.6 Å². The van der Waals surface area contributed by atoms with E-state index in [1.807, 2.05) is 12.1 Å². The number of ether oxygens (including phenoxy) is 1. The Morgan fingerprint density at radius 1 is 1.14 bits per heavy atom. The Kier molecular flexibility index (Phi) is 5.13. The molecule has 0 bridgehead atoms. The number of fused-ring (bicyclic) bond motifs is 1. The molecule has 22 heavy (non-hydrogen) atoms. The molecule has 5 nitrogen and oxygen atoms in total. The molecule has 1 aromatic rings. The number of rotatable bonds is 6. The summed E-state index contributed by atoms with van der Waals surface area (Å²) in [6, 6.07) is 5.55. The quantitative estimate of drug-likeness (QED) is 0.710. The summed E-state index contributed by atoms with van der Waals surface area (Å²) in [6.45, 7) is 5.18. The minimum absolute atomic E-state index is 0.409. The number of nitrogens with one attached hydrogen (secondary N) is 2. The molecule has 1 saturated heterocycles. The maximum Gasteiger partial charge on any atom is 0.240 e. The first-order valence-corrected chi connectivity index (χ1v) is 9.66. The van der Waals surface area contributed by atoms with E-state index >= 15 is 0 Å². The van der Waals surface area contributed by atoms with Gasteiger partial charge < -0.3 is 9.64 Å². The highest BCUT2D eigenvalue weighted by Gasteiger charge is 2.18. The summed E-state index contributed by atoms with van der Waals surface area (Å²) in [5.74, 6) is 0. The summed E-state index contributed by atoms with van der Waals surface area (Å²) in [4.78, 5) is 1.91. The lowest BCUT2D eigenvalue weighted by atomic mass is 10.1. The van der Waals surface area contributed by atoms with Gasteiger partial charge in [-0.3, -0.25) is 0 Å². The van der Waals surface area contributed by atoms with Crippen molar-refractivity contribution in [1.82, 2.24) is 4.72 Å². The van der Waals surface area contributed by atoms with Crippen molar-refractivity contribution in [2.75, 3.05) is 39.4 Å². The highest BCUT2D eigenvalue weighted by Crippen LogP contribution is 2.24. The molecule has 1 aliphatic heterocycles. The van der Waals surface area contributed by atoms with Crippen LogP contribution in [-0.2, 0) is 27.6 Å². The van der Waals surface area contributed by atoms with Crippen LogP contribution in [0.1, 0.15) is 24.0 Å². The first-order chi connectivity index (χ1) is 10.6. The van der Waals surface area contributed by atoms with Crippen molar-refractivity contribution in [3.8, 4) is 0 Å². The molecule has 0 atom stereocenters. The van der Waals surface area contributed by atoms with Gasteiger partial charge >= 0.3 is 0 Å². The fourth-order valence-corrected chi connectivity index (χ4v) is 4.38. The van der Waals surface area contributed by atoms with Gasteiger partial charge in [-0.25, -0.2) is 13.1 Å². The highest BCUT2D eigenvalue weighted by molar-refractivity contribution is 7.89. The Hall–Kier alpha value is -0.950. The maximum atomic E-state index is 12.3. The van der Waals surface area contributed by atoms with Gasteiger partial charge in [-0.2, -0.15) is 0 Å². The molecular formula is C16H25N2O3S+. The minimum atomic E-state index is -3.37. The Balaban J connectivity index is 1.50. The summed E-state index contributed by atoms with van der Waals surface area (Å²) < 4.78 is 32.7. The number of hydrogen-bond acceptors (Lipinski definition) is 3. The van der Waals surface area contributed by atoms with Crippen LogP contribution in [0.5, 0.6) is 0 Å². The van der Waals surface area contributed by atoms with Gasteiger partial charge in [-0.05, 0) is 42.5 Å². The van der Waals surface area contributed by atoms with Crippen LogP contribution in [0.4, 0.5) is 0 Å². The van der Waals surface area contributed by atoms with Gasteiger partial charge in [0.2, 0.25) is 10.0 Å². The zero-order valence-corrected chi connectivity index (χ0v) is 13.8. The van der Waals surface area contributed by atoms with Gasteiger partial charge in [0.15, 0.2) is 0 Å². The third-order valence-corrected chi connectivity index (χ3v) is 6.04. The molecule has 3 rings (SSSR count). The fourth-order valence-electron chi connectivity index (χ4n) is 3.25. The Bertz CT molecular complexity index is 610. The Morgan fingerprint density at radius 3 is 2.73 bits per heavy atom. The third-order valence-electron chi connectivity index (χ3n) is 4.58.